The van der Waals surface area contributed by atoms with Gasteiger partial charge in [0, 0.05) is 0 Å². The molecule has 2 unspecified atom stereocenters. The summed E-state index contributed by atoms with van der Waals surface area (Å²) in [4.78, 5) is 0. The largest absolute Gasteiger partial charge is 0.0885 e. The zero-order valence-electron chi connectivity index (χ0n) is 21.3. The van der Waals surface area contributed by atoms with Crippen LogP contribution in [0, 0.1) is 25.7 Å². The van der Waals surface area contributed by atoms with E-state index in [1.807, 2.05) is 0 Å². The van der Waals surface area contributed by atoms with Crippen LogP contribution < -0.4 is 0 Å². The second kappa shape index (κ2) is 25.0. The molecule has 0 fully saturated rings. The van der Waals surface area contributed by atoms with Crippen LogP contribution in [0.3, 0.4) is 0 Å². The van der Waals surface area contributed by atoms with Crippen LogP contribution in [-0.2, 0) is 0 Å². The Kier molecular flexibility index (Phi) is 24.8. The SMILES string of the molecule is [CH2]CCCCCCCCCC/C=C/CCCCC(C)CCC(C)CCCCCC[CH2]. The molecule has 2 atom stereocenters. The molecule has 0 nitrogen and oxygen atoms in total. The standard InChI is InChI=1S/C30H58/c1-5-7-9-11-12-13-14-15-16-17-18-19-20-22-24-26-30(4)28-27-29(3)25-23-21-10-8-6-2/h18-19,29-30H,1-2,5-17,20-28H2,3-4H3/b19-18+. The van der Waals surface area contributed by atoms with Gasteiger partial charge in [-0.3, -0.25) is 0 Å². The van der Waals surface area contributed by atoms with Crippen molar-refractivity contribution >= 4 is 0 Å². The summed E-state index contributed by atoms with van der Waals surface area (Å²) < 4.78 is 0. The van der Waals surface area contributed by atoms with Crippen molar-refractivity contribution in [2.75, 3.05) is 0 Å². The summed E-state index contributed by atoms with van der Waals surface area (Å²) in [7, 11) is 0. The van der Waals surface area contributed by atoms with E-state index in [-0.39, 0.29) is 0 Å². The van der Waals surface area contributed by atoms with Gasteiger partial charge in [0.2, 0.25) is 0 Å². The van der Waals surface area contributed by atoms with Crippen molar-refractivity contribution in [1.29, 1.82) is 0 Å². The highest BCUT2D eigenvalue weighted by atomic mass is 14.1. The van der Waals surface area contributed by atoms with E-state index < -0.39 is 0 Å². The van der Waals surface area contributed by atoms with Crippen LogP contribution in [0.15, 0.2) is 12.2 Å². The lowest BCUT2D eigenvalue weighted by Crippen LogP contribution is -2.01. The Morgan fingerprint density at radius 1 is 0.433 bits per heavy atom. The van der Waals surface area contributed by atoms with E-state index in [1.54, 1.807) is 0 Å². The van der Waals surface area contributed by atoms with Gasteiger partial charge in [0.25, 0.3) is 0 Å². The molecule has 0 heterocycles. The lowest BCUT2D eigenvalue weighted by Gasteiger charge is -2.15. The van der Waals surface area contributed by atoms with Gasteiger partial charge in [0.15, 0.2) is 0 Å². The summed E-state index contributed by atoms with van der Waals surface area (Å²) in [5.74, 6) is 1.84. The normalized spacial score (nSPS) is 13.9. The van der Waals surface area contributed by atoms with Crippen molar-refractivity contribution < 1.29 is 0 Å². The van der Waals surface area contributed by atoms with Gasteiger partial charge in [-0.2, -0.15) is 0 Å². The third-order valence-electron chi connectivity index (χ3n) is 6.70. The minimum atomic E-state index is 0.918. The van der Waals surface area contributed by atoms with E-state index in [0.29, 0.717) is 0 Å². The highest BCUT2D eigenvalue weighted by molar-refractivity contribution is 4.81. The molecule has 0 aliphatic rings. The van der Waals surface area contributed by atoms with Crippen molar-refractivity contribution in [3.8, 4) is 0 Å². The van der Waals surface area contributed by atoms with Crippen molar-refractivity contribution in [2.24, 2.45) is 11.8 Å². The molecule has 0 amide bonds. The van der Waals surface area contributed by atoms with Gasteiger partial charge in [-0.05, 0) is 37.5 Å². The van der Waals surface area contributed by atoms with E-state index in [4.69, 9.17) is 0 Å². The van der Waals surface area contributed by atoms with E-state index in [2.05, 4.69) is 39.8 Å². The van der Waals surface area contributed by atoms with Crippen LogP contribution in [0.2, 0.25) is 0 Å². The molecular formula is C30H58. The second-order valence-corrected chi connectivity index (χ2v) is 10.1. The number of hydrogen-bond acceptors (Lipinski definition) is 0. The number of allylic oxidation sites excluding steroid dienone is 2. The van der Waals surface area contributed by atoms with Crippen LogP contribution in [0.4, 0.5) is 0 Å². The summed E-state index contributed by atoms with van der Waals surface area (Å²) in [5.41, 5.74) is 0. The average molecular weight is 419 g/mol. The maximum absolute atomic E-state index is 3.93. The first-order chi connectivity index (χ1) is 14.7. The van der Waals surface area contributed by atoms with Crippen LogP contribution in [0.5, 0.6) is 0 Å². The molecule has 0 aromatic rings. The zero-order valence-corrected chi connectivity index (χ0v) is 21.3. The molecule has 0 aromatic heterocycles. The molecule has 0 bridgehead atoms. The van der Waals surface area contributed by atoms with Crippen LogP contribution in [-0.4, -0.2) is 0 Å². The third-order valence-corrected chi connectivity index (χ3v) is 6.70. The highest BCUT2D eigenvalue weighted by Crippen LogP contribution is 2.22. The second-order valence-electron chi connectivity index (χ2n) is 10.1. The molecule has 0 saturated carbocycles. The molecule has 2 radical (unpaired) electrons. The van der Waals surface area contributed by atoms with Gasteiger partial charge in [0.1, 0.15) is 0 Å². The highest BCUT2D eigenvalue weighted by Gasteiger charge is 2.06. The van der Waals surface area contributed by atoms with E-state index in [9.17, 15) is 0 Å². The predicted octanol–water partition coefficient (Wildman–Crippen LogP) is 11.1. The fourth-order valence-electron chi connectivity index (χ4n) is 4.37. The predicted molar refractivity (Wildman–Crippen MR) is 140 cm³/mol. The Balaban J connectivity index is 3.32. The minimum absolute atomic E-state index is 0.918. The first-order valence-corrected chi connectivity index (χ1v) is 13.9. The lowest BCUT2D eigenvalue weighted by atomic mass is 9.91. The molecule has 30 heavy (non-hydrogen) atoms. The summed E-state index contributed by atoms with van der Waals surface area (Å²) >= 11 is 0. The van der Waals surface area contributed by atoms with Crippen molar-refractivity contribution in [3.63, 3.8) is 0 Å². The third kappa shape index (κ3) is 24.0. The zero-order chi connectivity index (χ0) is 22.1. The first kappa shape index (κ1) is 29.7. The molecule has 0 aliphatic heterocycles. The summed E-state index contributed by atoms with van der Waals surface area (Å²) in [6.45, 7) is 12.8. The molecule has 0 saturated heterocycles. The van der Waals surface area contributed by atoms with Gasteiger partial charge < -0.3 is 0 Å². The smallest absolute Gasteiger partial charge is 0.0351 e. The Morgan fingerprint density at radius 2 is 0.767 bits per heavy atom. The monoisotopic (exact) mass is 418 g/mol. The van der Waals surface area contributed by atoms with Gasteiger partial charge in [-0.25, -0.2) is 0 Å². The van der Waals surface area contributed by atoms with Crippen LogP contribution in [0.25, 0.3) is 0 Å². The quantitative estimate of drug-likeness (QED) is 0.108. The van der Waals surface area contributed by atoms with E-state index in [1.165, 1.54) is 128 Å². The van der Waals surface area contributed by atoms with Crippen molar-refractivity contribution in [1.82, 2.24) is 0 Å². The number of unbranched alkanes of at least 4 members (excludes halogenated alkanes) is 15. The van der Waals surface area contributed by atoms with E-state index >= 15 is 0 Å². The maximum atomic E-state index is 3.93. The summed E-state index contributed by atoms with van der Waals surface area (Å²) in [5, 5.41) is 0. The number of hydrogen-bond donors (Lipinski definition) is 0. The average Bonchev–Trinajstić information content (AvgIpc) is 2.74. The molecule has 0 rings (SSSR count). The Bertz CT molecular complexity index is 329. The molecule has 178 valence electrons. The maximum Gasteiger partial charge on any atom is -0.0351 e. The Morgan fingerprint density at radius 3 is 1.23 bits per heavy atom. The Hall–Kier alpha value is -0.260. The van der Waals surface area contributed by atoms with E-state index in [0.717, 1.165) is 24.7 Å². The first-order valence-electron chi connectivity index (χ1n) is 13.9. The number of rotatable bonds is 24. The topological polar surface area (TPSA) is 0 Å². The molecule has 0 spiro atoms. The molecular weight excluding hydrogens is 360 g/mol. The Labute approximate surface area is 193 Å². The summed E-state index contributed by atoms with van der Waals surface area (Å²) in [6, 6.07) is 0. The fraction of sp³-hybridized carbons (Fsp3) is 0.867. The molecule has 0 N–H and O–H groups in total. The van der Waals surface area contributed by atoms with Gasteiger partial charge in [-0.15, -0.1) is 0 Å². The lowest BCUT2D eigenvalue weighted by molar-refractivity contribution is 0.379. The van der Waals surface area contributed by atoms with Crippen molar-refractivity contribution in [3.05, 3.63) is 26.0 Å². The molecule has 0 aliphatic carbocycles. The minimum Gasteiger partial charge on any atom is -0.0885 e. The molecule has 0 aromatic carbocycles. The summed E-state index contributed by atoms with van der Waals surface area (Å²) in [6.07, 6.45) is 35.0. The van der Waals surface area contributed by atoms with Crippen molar-refractivity contribution in [2.45, 2.75) is 155 Å². The van der Waals surface area contributed by atoms with Crippen LogP contribution >= 0.6 is 0 Å². The van der Waals surface area contributed by atoms with Gasteiger partial charge in [-0.1, -0.05) is 155 Å². The van der Waals surface area contributed by atoms with Crippen LogP contribution in [0.1, 0.15) is 155 Å². The van der Waals surface area contributed by atoms with Gasteiger partial charge in [0.05, 0.1) is 0 Å². The van der Waals surface area contributed by atoms with Gasteiger partial charge >= 0.3 is 0 Å². The fourth-order valence-corrected chi connectivity index (χ4v) is 4.37. The molecule has 0 heteroatoms.